The second kappa shape index (κ2) is 24.7. The summed E-state index contributed by atoms with van der Waals surface area (Å²) in [7, 11) is 2.74. The van der Waals surface area contributed by atoms with Gasteiger partial charge < -0.3 is 58.3 Å². The van der Waals surface area contributed by atoms with E-state index in [9.17, 15) is 49.2 Å². The van der Waals surface area contributed by atoms with E-state index in [2.05, 4.69) is 0 Å². The number of esters is 4. The maximum atomic E-state index is 12.6. The second-order valence-corrected chi connectivity index (χ2v) is 14.1. The van der Waals surface area contributed by atoms with Crippen LogP contribution < -0.4 is 18.9 Å². The molecule has 2 heterocycles. The van der Waals surface area contributed by atoms with Gasteiger partial charge in [-0.3, -0.25) is 28.8 Å². The number of allylic oxidation sites excluding steroid dienone is 2. The van der Waals surface area contributed by atoms with Crippen LogP contribution in [0, 0.1) is 0 Å². The fourth-order valence-corrected chi connectivity index (χ4v) is 6.02. The van der Waals surface area contributed by atoms with Gasteiger partial charge in [0.25, 0.3) is 0 Å². The molecule has 332 valence electrons. The van der Waals surface area contributed by atoms with E-state index in [1.54, 1.807) is 12.1 Å². The fourth-order valence-electron chi connectivity index (χ4n) is 6.02. The number of ketones is 2. The Morgan fingerprint density at radius 3 is 1.38 bits per heavy atom. The van der Waals surface area contributed by atoms with E-state index in [0.717, 1.165) is 0 Å². The number of aliphatic hydroxyl groups is 4. The maximum absolute atomic E-state index is 12.6. The Hall–Kier alpha value is -5.50. The highest BCUT2D eigenvalue weighted by Crippen LogP contribution is 2.30. The second-order valence-electron chi connectivity index (χ2n) is 14.1. The summed E-state index contributed by atoms with van der Waals surface area (Å²) in [5.41, 5.74) is 1.05. The van der Waals surface area contributed by atoms with Gasteiger partial charge in [0.1, 0.15) is 37.6 Å². The molecule has 2 aromatic carbocycles. The highest BCUT2D eigenvalue weighted by Gasteiger charge is 2.33. The van der Waals surface area contributed by atoms with Crippen molar-refractivity contribution in [2.45, 2.75) is 94.4 Å². The number of aliphatic hydroxyl groups excluding tert-OH is 4. The molecule has 0 aliphatic carbocycles. The smallest absolute Gasteiger partial charge is 0.311 e. The molecule has 4 N–H and O–H groups in total. The number of methoxy groups -OCH3 is 2. The van der Waals surface area contributed by atoms with Crippen molar-refractivity contribution in [1.29, 1.82) is 0 Å². The standard InChI is InChI=1S/C43H52O18/c1-54-34-21-26(11-15-32(34)60-40(50)7-3-5-38(48)58-24-36-42(52)30(46)17-19-56-36)9-13-28(44)23-29(45)14-10-27-12-16-33(35(22-27)55-2)61-41(51)8-4-6-39(49)59-25-37-43(53)31(47)18-20-57-37/h9-16,21-22,30-31,36-37,42-43,46-47,52-53H,3-8,17-20,23-25H2,1-2H3/b13-9+,14-10+. The van der Waals surface area contributed by atoms with Gasteiger partial charge in [-0.25, -0.2) is 0 Å². The van der Waals surface area contributed by atoms with Gasteiger partial charge in [0.2, 0.25) is 0 Å². The summed E-state index contributed by atoms with van der Waals surface area (Å²) in [5.74, 6) is -2.76. The highest BCUT2D eigenvalue weighted by molar-refractivity contribution is 6.10. The highest BCUT2D eigenvalue weighted by atomic mass is 16.6. The summed E-state index contributed by atoms with van der Waals surface area (Å²) in [5, 5.41) is 39.3. The van der Waals surface area contributed by atoms with E-state index in [1.165, 1.54) is 62.8 Å². The van der Waals surface area contributed by atoms with Crippen LogP contribution in [0.3, 0.4) is 0 Å². The first-order valence-corrected chi connectivity index (χ1v) is 19.7. The van der Waals surface area contributed by atoms with Crippen molar-refractivity contribution >= 4 is 47.6 Å². The molecular formula is C43H52O18. The monoisotopic (exact) mass is 856 g/mol. The topological polar surface area (TPSA) is 257 Å². The van der Waals surface area contributed by atoms with Crippen molar-refractivity contribution in [1.82, 2.24) is 0 Å². The Labute approximate surface area is 351 Å². The number of rotatable bonds is 22. The third-order valence-electron chi connectivity index (χ3n) is 9.48. The predicted octanol–water partition coefficient (Wildman–Crippen LogP) is 2.22. The van der Waals surface area contributed by atoms with E-state index < -0.39 is 78.5 Å². The Balaban J connectivity index is 1.16. The molecular weight excluding hydrogens is 804 g/mol. The molecule has 0 aromatic heterocycles. The Kier molecular flexibility index (Phi) is 19.5. The predicted molar refractivity (Wildman–Crippen MR) is 212 cm³/mol. The van der Waals surface area contributed by atoms with Gasteiger partial charge in [0.15, 0.2) is 34.6 Å². The lowest BCUT2D eigenvalue weighted by Gasteiger charge is -2.31. The molecule has 6 unspecified atom stereocenters. The van der Waals surface area contributed by atoms with E-state index in [0.29, 0.717) is 11.1 Å². The zero-order chi connectivity index (χ0) is 44.3. The van der Waals surface area contributed by atoms with Gasteiger partial charge in [-0.15, -0.1) is 0 Å². The summed E-state index contributed by atoms with van der Waals surface area (Å²) < 4.78 is 42.3. The number of hydrogen-bond donors (Lipinski definition) is 4. The van der Waals surface area contributed by atoms with Crippen LogP contribution in [0.1, 0.15) is 68.9 Å². The number of carbonyl (C=O) groups is 6. The van der Waals surface area contributed by atoms with Crippen LogP contribution in [0.15, 0.2) is 48.6 Å². The zero-order valence-electron chi connectivity index (χ0n) is 33.9. The van der Waals surface area contributed by atoms with Crippen LogP contribution in [-0.2, 0) is 47.7 Å². The number of ether oxygens (including phenoxy) is 8. The van der Waals surface area contributed by atoms with Crippen LogP contribution in [-0.4, -0.2) is 133 Å². The summed E-state index contributed by atoms with van der Waals surface area (Å²) in [4.78, 5) is 74.1. The third kappa shape index (κ3) is 16.1. The molecule has 0 bridgehead atoms. The van der Waals surface area contributed by atoms with Crippen molar-refractivity contribution in [3.05, 3.63) is 59.7 Å². The summed E-state index contributed by atoms with van der Waals surface area (Å²) in [6.45, 7) is 0.0325. The maximum Gasteiger partial charge on any atom is 0.311 e. The van der Waals surface area contributed by atoms with E-state index >= 15 is 0 Å². The quantitative estimate of drug-likeness (QED) is 0.0573. The molecule has 18 heteroatoms. The first kappa shape index (κ1) is 48.2. The first-order valence-electron chi connectivity index (χ1n) is 19.7. The van der Waals surface area contributed by atoms with Crippen LogP contribution in [0.25, 0.3) is 12.2 Å². The Morgan fingerprint density at radius 2 is 0.984 bits per heavy atom. The van der Waals surface area contributed by atoms with Crippen molar-refractivity contribution in [2.24, 2.45) is 0 Å². The SMILES string of the molecule is COc1cc(/C=C/C(=O)CC(=O)/C=C/c2ccc(OC(=O)CCCC(=O)OCC3OCCC(O)C3O)c(OC)c2)ccc1OC(=O)CCCC(=O)OCC1OCCC(O)C1O. The minimum absolute atomic E-state index is 0.0827. The molecule has 2 aromatic rings. The van der Waals surface area contributed by atoms with Crippen molar-refractivity contribution in [3.63, 3.8) is 0 Å². The van der Waals surface area contributed by atoms with E-state index in [4.69, 9.17) is 37.9 Å². The van der Waals surface area contributed by atoms with Crippen molar-refractivity contribution in [2.75, 3.05) is 40.6 Å². The fraction of sp³-hybridized carbons (Fsp3) is 0.488. The average molecular weight is 857 g/mol. The minimum Gasteiger partial charge on any atom is -0.493 e. The van der Waals surface area contributed by atoms with E-state index in [-0.39, 0.29) is 101 Å². The van der Waals surface area contributed by atoms with Crippen LogP contribution >= 0.6 is 0 Å². The van der Waals surface area contributed by atoms with Gasteiger partial charge in [0.05, 0.1) is 32.8 Å². The van der Waals surface area contributed by atoms with E-state index in [1.807, 2.05) is 0 Å². The van der Waals surface area contributed by atoms with Crippen molar-refractivity contribution < 1.29 is 87.1 Å². The van der Waals surface area contributed by atoms with Crippen LogP contribution in [0.4, 0.5) is 0 Å². The number of carbonyl (C=O) groups excluding carboxylic acids is 6. The Bertz CT molecular complexity index is 1750. The number of hydrogen-bond acceptors (Lipinski definition) is 18. The zero-order valence-corrected chi connectivity index (χ0v) is 33.9. The lowest BCUT2D eigenvalue weighted by Crippen LogP contribution is -2.47. The summed E-state index contributed by atoms with van der Waals surface area (Å²) in [6, 6.07) is 9.17. The molecule has 0 spiro atoms. The Morgan fingerprint density at radius 1 is 0.590 bits per heavy atom. The third-order valence-corrected chi connectivity index (χ3v) is 9.48. The average Bonchev–Trinajstić information content (AvgIpc) is 3.23. The molecule has 2 saturated heterocycles. The largest absolute Gasteiger partial charge is 0.493 e. The molecule has 0 amide bonds. The molecule has 18 nitrogen and oxygen atoms in total. The normalized spacial score (nSPS) is 21.4. The lowest BCUT2D eigenvalue weighted by molar-refractivity contribution is -0.169. The van der Waals surface area contributed by atoms with Gasteiger partial charge in [-0.2, -0.15) is 0 Å². The molecule has 61 heavy (non-hydrogen) atoms. The van der Waals surface area contributed by atoms with Gasteiger partial charge in [-0.05, 0) is 73.2 Å². The molecule has 6 atom stereocenters. The van der Waals surface area contributed by atoms with Gasteiger partial charge in [-0.1, -0.05) is 24.3 Å². The number of benzene rings is 2. The summed E-state index contributed by atoms with van der Waals surface area (Å²) >= 11 is 0. The van der Waals surface area contributed by atoms with Gasteiger partial charge >= 0.3 is 23.9 Å². The molecule has 0 radical (unpaired) electrons. The molecule has 2 aliphatic rings. The van der Waals surface area contributed by atoms with Crippen molar-refractivity contribution in [3.8, 4) is 23.0 Å². The molecule has 2 fully saturated rings. The molecule has 2 aliphatic heterocycles. The van der Waals surface area contributed by atoms with Crippen LogP contribution in [0.2, 0.25) is 0 Å². The van der Waals surface area contributed by atoms with Crippen LogP contribution in [0.5, 0.6) is 23.0 Å². The lowest BCUT2D eigenvalue weighted by atomic mass is 10.0. The summed E-state index contributed by atoms with van der Waals surface area (Å²) in [6.07, 6.45) is -0.407. The molecule has 0 saturated carbocycles. The first-order chi connectivity index (χ1) is 29.3. The minimum atomic E-state index is -1.16. The van der Waals surface area contributed by atoms with Gasteiger partial charge in [0, 0.05) is 38.9 Å². The molecule has 4 rings (SSSR count).